The van der Waals surface area contributed by atoms with Gasteiger partial charge in [0.2, 0.25) is 11.8 Å². The van der Waals surface area contributed by atoms with E-state index < -0.39 is 12.6 Å². The lowest BCUT2D eigenvalue weighted by molar-refractivity contribution is -0.124. The molecule has 0 N–H and O–H groups in total. The van der Waals surface area contributed by atoms with Crippen LogP contribution in [0.5, 0.6) is 5.75 Å². The minimum atomic E-state index is -0.693. The molecule has 4 aromatic rings. The number of aromatic nitrogens is 1. The third kappa shape index (κ3) is 4.38. The number of imide groups is 1. The van der Waals surface area contributed by atoms with Crippen molar-refractivity contribution in [2.24, 2.45) is 35.5 Å². The average molecular weight is 619 g/mol. The van der Waals surface area contributed by atoms with Crippen LogP contribution < -0.4 is 9.64 Å². The normalized spacial score (nSPS) is 25.7. The Kier molecular flexibility index (Phi) is 6.39. The summed E-state index contributed by atoms with van der Waals surface area (Å²) in [6.45, 7) is -0.446. The van der Waals surface area contributed by atoms with E-state index in [2.05, 4.69) is 12.2 Å². The maximum absolute atomic E-state index is 13.6. The standard InChI is InChI=1S/C36H27ClN2O6/c1-44-21-11-7-19(8-12-21)30(40)17-45-36(43)27-16-29(38-33-24(27)3-2-4-28(33)37)18-5-9-20(10-6-18)39-34(41)31-22-13-14-23(26-15-25(22)26)32(31)35(39)42/h2-14,16,22-23,25-26,31-32H,15,17H2,1H3. The molecular formula is C36H27ClN2O6. The molecule has 224 valence electrons. The van der Waals surface area contributed by atoms with Crippen LogP contribution in [0.4, 0.5) is 5.69 Å². The van der Waals surface area contributed by atoms with Crippen molar-refractivity contribution in [3.63, 3.8) is 0 Å². The second-order valence-electron chi connectivity index (χ2n) is 12.1. The number of Topliss-reactive ketones (excluding diaryl/α,β-unsaturated/α-hetero) is 1. The molecule has 2 heterocycles. The highest BCUT2D eigenvalue weighted by atomic mass is 35.5. The lowest BCUT2D eigenvalue weighted by Gasteiger charge is -2.37. The van der Waals surface area contributed by atoms with E-state index in [-0.39, 0.29) is 46.8 Å². The van der Waals surface area contributed by atoms with Crippen LogP contribution in [-0.4, -0.2) is 42.3 Å². The van der Waals surface area contributed by atoms with Gasteiger partial charge < -0.3 is 9.47 Å². The maximum Gasteiger partial charge on any atom is 0.339 e. The Morgan fingerprint density at radius 2 is 1.58 bits per heavy atom. The van der Waals surface area contributed by atoms with Gasteiger partial charge in [0.25, 0.3) is 0 Å². The predicted octanol–water partition coefficient (Wildman–Crippen LogP) is 6.16. The van der Waals surface area contributed by atoms with Crippen LogP contribution in [0.15, 0.2) is 84.9 Å². The van der Waals surface area contributed by atoms with Crippen LogP contribution in [0.25, 0.3) is 22.2 Å². The molecule has 9 heteroatoms. The Morgan fingerprint density at radius 1 is 0.911 bits per heavy atom. The number of ether oxygens (including phenoxy) is 2. The van der Waals surface area contributed by atoms with Gasteiger partial charge in [0, 0.05) is 16.5 Å². The summed E-state index contributed by atoms with van der Waals surface area (Å²) in [5, 5.41) is 0.841. The number of halogens is 1. The van der Waals surface area contributed by atoms with E-state index in [1.807, 2.05) is 0 Å². The molecule has 45 heavy (non-hydrogen) atoms. The number of carbonyl (C=O) groups excluding carboxylic acids is 4. The van der Waals surface area contributed by atoms with Crippen LogP contribution in [0.1, 0.15) is 27.1 Å². The molecule has 1 saturated heterocycles. The molecule has 6 atom stereocenters. The average Bonchev–Trinajstić information content (AvgIpc) is 3.85. The summed E-state index contributed by atoms with van der Waals surface area (Å²) < 4.78 is 10.6. The molecule has 1 aliphatic heterocycles. The van der Waals surface area contributed by atoms with Crippen molar-refractivity contribution in [3.8, 4) is 17.0 Å². The Labute approximate surface area is 263 Å². The first-order valence-corrected chi connectivity index (χ1v) is 15.3. The fourth-order valence-corrected chi connectivity index (χ4v) is 7.81. The van der Waals surface area contributed by atoms with Crippen molar-refractivity contribution < 1.29 is 28.7 Å². The molecule has 0 radical (unpaired) electrons. The molecule has 1 aromatic heterocycles. The molecule has 3 aromatic carbocycles. The Bertz CT molecular complexity index is 1920. The number of anilines is 1. The first kappa shape index (κ1) is 27.7. The molecule has 5 aliphatic rings. The van der Waals surface area contributed by atoms with Crippen molar-refractivity contribution >= 4 is 51.8 Å². The number of methoxy groups -OCH3 is 1. The highest BCUT2D eigenvalue weighted by Crippen LogP contribution is 2.65. The monoisotopic (exact) mass is 618 g/mol. The van der Waals surface area contributed by atoms with Gasteiger partial charge in [0.05, 0.1) is 46.4 Å². The summed E-state index contributed by atoms with van der Waals surface area (Å²) in [6.07, 6.45) is 5.43. The lowest BCUT2D eigenvalue weighted by Crippen LogP contribution is -2.40. The summed E-state index contributed by atoms with van der Waals surface area (Å²) in [7, 11) is 1.54. The molecule has 3 fully saturated rings. The third-order valence-electron chi connectivity index (χ3n) is 9.84. The van der Waals surface area contributed by atoms with Gasteiger partial charge in [0.15, 0.2) is 12.4 Å². The largest absolute Gasteiger partial charge is 0.497 e. The van der Waals surface area contributed by atoms with Gasteiger partial charge >= 0.3 is 5.97 Å². The number of rotatable bonds is 7. The Balaban J connectivity index is 1.06. The number of esters is 1. The van der Waals surface area contributed by atoms with Crippen LogP contribution in [0.2, 0.25) is 5.02 Å². The van der Waals surface area contributed by atoms with Crippen LogP contribution in [0.3, 0.4) is 0 Å². The zero-order valence-corrected chi connectivity index (χ0v) is 24.9. The van der Waals surface area contributed by atoms with Gasteiger partial charge in [-0.25, -0.2) is 9.78 Å². The summed E-state index contributed by atoms with van der Waals surface area (Å²) in [5.41, 5.74) is 2.63. The van der Waals surface area contributed by atoms with Crippen molar-refractivity contribution in [3.05, 3.63) is 101 Å². The topological polar surface area (TPSA) is 103 Å². The molecule has 4 aliphatic carbocycles. The van der Waals surface area contributed by atoms with Gasteiger partial charge in [-0.3, -0.25) is 19.3 Å². The van der Waals surface area contributed by atoms with E-state index in [0.29, 0.717) is 56.0 Å². The summed E-state index contributed by atoms with van der Waals surface area (Å²) in [4.78, 5) is 59.2. The molecular weight excluding hydrogens is 592 g/mol. The molecule has 9 rings (SSSR count). The van der Waals surface area contributed by atoms with E-state index in [4.69, 9.17) is 26.1 Å². The second-order valence-corrected chi connectivity index (χ2v) is 12.5. The number of nitrogens with zero attached hydrogens (tertiary/aromatic N) is 2. The Hall–Kier alpha value is -4.82. The third-order valence-corrected chi connectivity index (χ3v) is 10.1. The zero-order valence-electron chi connectivity index (χ0n) is 24.2. The lowest BCUT2D eigenvalue weighted by atomic mass is 9.63. The number of amides is 2. The second kappa shape index (κ2) is 10.4. The van der Waals surface area contributed by atoms with E-state index in [9.17, 15) is 19.2 Å². The maximum atomic E-state index is 13.6. The molecule has 2 amide bonds. The summed E-state index contributed by atoms with van der Waals surface area (Å²) in [6, 6.07) is 20.3. The number of hydrogen-bond acceptors (Lipinski definition) is 7. The van der Waals surface area contributed by atoms with Gasteiger partial charge in [-0.2, -0.15) is 0 Å². The minimum absolute atomic E-state index is 0.118. The number of allylic oxidation sites excluding steroid dienone is 2. The minimum Gasteiger partial charge on any atom is -0.497 e. The number of carbonyl (C=O) groups is 4. The SMILES string of the molecule is COc1ccc(C(=O)COC(=O)c2cc(-c3ccc(N4C(=O)C5C6C=CC(C7CC67)C5C4=O)cc3)nc3c(Cl)cccc23)cc1. The van der Waals surface area contributed by atoms with E-state index in [1.54, 1.807) is 72.8 Å². The van der Waals surface area contributed by atoms with E-state index >= 15 is 0 Å². The fraction of sp³-hybridized carbons (Fsp3) is 0.250. The number of pyridine rings is 1. The van der Waals surface area contributed by atoms with Gasteiger partial charge in [0.1, 0.15) is 5.75 Å². The van der Waals surface area contributed by atoms with Crippen LogP contribution in [-0.2, 0) is 14.3 Å². The summed E-state index contributed by atoms with van der Waals surface area (Å²) in [5.74, 6) is 0.159. The van der Waals surface area contributed by atoms with Gasteiger partial charge in [-0.05, 0) is 78.6 Å². The van der Waals surface area contributed by atoms with Crippen molar-refractivity contribution in [1.82, 2.24) is 4.98 Å². The van der Waals surface area contributed by atoms with Crippen LogP contribution in [0, 0.1) is 35.5 Å². The molecule has 2 saturated carbocycles. The molecule has 8 nitrogen and oxygen atoms in total. The fourth-order valence-electron chi connectivity index (χ4n) is 7.59. The molecule has 6 unspecified atom stereocenters. The predicted molar refractivity (Wildman–Crippen MR) is 167 cm³/mol. The number of benzene rings is 3. The van der Waals surface area contributed by atoms with Crippen LogP contribution >= 0.6 is 11.6 Å². The zero-order chi connectivity index (χ0) is 31.0. The summed E-state index contributed by atoms with van der Waals surface area (Å²) >= 11 is 6.50. The van der Waals surface area contributed by atoms with Crippen molar-refractivity contribution in [1.29, 1.82) is 0 Å². The first-order valence-electron chi connectivity index (χ1n) is 14.9. The molecule has 2 bridgehead atoms. The number of para-hydroxylation sites is 1. The highest BCUT2D eigenvalue weighted by Gasteiger charge is 2.67. The van der Waals surface area contributed by atoms with E-state index in [0.717, 1.165) is 6.42 Å². The number of fused-ring (bicyclic) bond motifs is 1. The highest BCUT2D eigenvalue weighted by molar-refractivity contribution is 6.35. The van der Waals surface area contributed by atoms with Crippen molar-refractivity contribution in [2.45, 2.75) is 6.42 Å². The van der Waals surface area contributed by atoms with E-state index in [1.165, 1.54) is 12.0 Å². The first-order chi connectivity index (χ1) is 21.8. The Morgan fingerprint density at radius 3 is 2.22 bits per heavy atom. The molecule has 0 spiro atoms. The quantitative estimate of drug-likeness (QED) is 0.106. The smallest absolute Gasteiger partial charge is 0.339 e. The number of hydrogen-bond donors (Lipinski definition) is 0. The van der Waals surface area contributed by atoms with Crippen molar-refractivity contribution in [2.75, 3.05) is 18.6 Å². The van der Waals surface area contributed by atoms with Gasteiger partial charge in [-0.1, -0.05) is 48.0 Å². The number of ketones is 1. The van der Waals surface area contributed by atoms with Gasteiger partial charge in [-0.15, -0.1) is 0 Å².